The molecule has 1 aromatic rings. The molecule has 0 aliphatic carbocycles. The summed E-state index contributed by atoms with van der Waals surface area (Å²) >= 11 is 0. The van der Waals surface area contributed by atoms with Crippen LogP contribution in [0.2, 0.25) is 0 Å². The Morgan fingerprint density at radius 2 is 1.60 bits per heavy atom. The smallest absolute Gasteiger partial charge is 0.109 e. The van der Waals surface area contributed by atoms with E-state index in [1.807, 2.05) is 0 Å². The molecule has 0 aromatic carbocycles. The van der Waals surface area contributed by atoms with Gasteiger partial charge in [0.2, 0.25) is 0 Å². The lowest BCUT2D eigenvalue weighted by Gasteiger charge is -2.17. The summed E-state index contributed by atoms with van der Waals surface area (Å²) < 4.78 is 5.84. The molecule has 0 fully saturated rings. The van der Waals surface area contributed by atoms with Crippen LogP contribution < -0.4 is 0 Å². The SMILES string of the molecule is CC(C)(C)CCc1ccc(C(C)(C)C)o1. The molecular formula is C14H24O. The average Bonchev–Trinajstić information content (AvgIpc) is 2.45. The number of hydrogen-bond donors (Lipinski definition) is 0. The number of furan rings is 1. The average molecular weight is 208 g/mol. The first-order valence-corrected chi connectivity index (χ1v) is 5.78. The highest BCUT2D eigenvalue weighted by atomic mass is 16.3. The first kappa shape index (κ1) is 12.4. The van der Waals surface area contributed by atoms with Gasteiger partial charge in [-0.15, -0.1) is 0 Å². The van der Waals surface area contributed by atoms with E-state index in [0.717, 1.165) is 17.9 Å². The van der Waals surface area contributed by atoms with Crippen LogP contribution in [0.15, 0.2) is 16.5 Å². The van der Waals surface area contributed by atoms with Crippen LogP contribution in [0.1, 0.15) is 59.5 Å². The molecule has 0 saturated carbocycles. The van der Waals surface area contributed by atoms with Crippen molar-refractivity contribution in [3.63, 3.8) is 0 Å². The molecule has 0 aliphatic rings. The molecule has 0 unspecified atom stereocenters. The van der Waals surface area contributed by atoms with E-state index in [4.69, 9.17) is 4.42 Å². The zero-order valence-corrected chi connectivity index (χ0v) is 11.0. The first-order chi connectivity index (χ1) is 6.68. The fourth-order valence-electron chi connectivity index (χ4n) is 1.41. The van der Waals surface area contributed by atoms with E-state index in [9.17, 15) is 0 Å². The van der Waals surface area contributed by atoms with Gasteiger partial charge in [-0.1, -0.05) is 41.5 Å². The van der Waals surface area contributed by atoms with Crippen molar-refractivity contribution in [1.29, 1.82) is 0 Å². The lowest BCUT2D eigenvalue weighted by molar-refractivity contribution is 0.340. The van der Waals surface area contributed by atoms with Crippen molar-refractivity contribution in [2.24, 2.45) is 5.41 Å². The van der Waals surface area contributed by atoms with Crippen molar-refractivity contribution in [3.8, 4) is 0 Å². The molecule has 0 bridgehead atoms. The van der Waals surface area contributed by atoms with Gasteiger partial charge < -0.3 is 4.42 Å². The fourth-order valence-corrected chi connectivity index (χ4v) is 1.41. The molecule has 86 valence electrons. The first-order valence-electron chi connectivity index (χ1n) is 5.78. The summed E-state index contributed by atoms with van der Waals surface area (Å²) in [7, 11) is 0. The standard InChI is InChI=1S/C14H24O/c1-13(2,3)10-9-11-7-8-12(15-11)14(4,5)6/h7-8H,9-10H2,1-6H3. The Labute approximate surface area is 93.9 Å². The summed E-state index contributed by atoms with van der Waals surface area (Å²) in [6.45, 7) is 13.3. The summed E-state index contributed by atoms with van der Waals surface area (Å²) in [4.78, 5) is 0. The van der Waals surface area contributed by atoms with Crippen molar-refractivity contribution in [3.05, 3.63) is 23.7 Å². The molecule has 1 rings (SSSR count). The van der Waals surface area contributed by atoms with Gasteiger partial charge in [0.15, 0.2) is 0 Å². The largest absolute Gasteiger partial charge is 0.466 e. The molecule has 0 N–H and O–H groups in total. The topological polar surface area (TPSA) is 13.1 Å². The second-order valence-electron chi connectivity index (χ2n) is 6.58. The van der Waals surface area contributed by atoms with Crippen LogP contribution in [-0.4, -0.2) is 0 Å². The maximum Gasteiger partial charge on any atom is 0.109 e. The molecule has 0 spiro atoms. The lowest BCUT2D eigenvalue weighted by Crippen LogP contribution is -2.09. The highest BCUT2D eigenvalue weighted by molar-refractivity contribution is 5.14. The maximum atomic E-state index is 5.84. The molecular weight excluding hydrogens is 184 g/mol. The molecule has 0 radical (unpaired) electrons. The van der Waals surface area contributed by atoms with Crippen molar-refractivity contribution >= 4 is 0 Å². The second kappa shape index (κ2) is 4.03. The fraction of sp³-hybridized carbons (Fsp3) is 0.714. The van der Waals surface area contributed by atoms with E-state index in [1.54, 1.807) is 0 Å². The van der Waals surface area contributed by atoms with E-state index in [0.29, 0.717) is 5.41 Å². The van der Waals surface area contributed by atoms with Crippen LogP contribution in [0.25, 0.3) is 0 Å². The normalized spacial score (nSPS) is 13.2. The quantitative estimate of drug-likeness (QED) is 0.694. The van der Waals surface area contributed by atoms with Gasteiger partial charge in [-0.3, -0.25) is 0 Å². The Hall–Kier alpha value is -0.720. The summed E-state index contributed by atoms with van der Waals surface area (Å²) in [5.41, 5.74) is 0.509. The van der Waals surface area contributed by atoms with E-state index in [2.05, 4.69) is 53.7 Å². The van der Waals surface area contributed by atoms with E-state index >= 15 is 0 Å². The van der Waals surface area contributed by atoms with Crippen LogP contribution >= 0.6 is 0 Å². The van der Waals surface area contributed by atoms with E-state index in [1.165, 1.54) is 6.42 Å². The lowest BCUT2D eigenvalue weighted by atomic mass is 9.90. The molecule has 1 nitrogen and oxygen atoms in total. The number of aryl methyl sites for hydroxylation is 1. The highest BCUT2D eigenvalue weighted by Crippen LogP contribution is 2.27. The van der Waals surface area contributed by atoms with E-state index in [-0.39, 0.29) is 5.41 Å². The minimum absolute atomic E-state index is 0.125. The zero-order chi connectivity index (χ0) is 11.7. The highest BCUT2D eigenvalue weighted by Gasteiger charge is 2.18. The van der Waals surface area contributed by atoms with Gasteiger partial charge in [0, 0.05) is 11.8 Å². The minimum Gasteiger partial charge on any atom is -0.466 e. The van der Waals surface area contributed by atoms with Crippen LogP contribution in [0, 0.1) is 5.41 Å². The van der Waals surface area contributed by atoms with Crippen molar-refractivity contribution < 1.29 is 4.42 Å². The van der Waals surface area contributed by atoms with Gasteiger partial charge in [0.25, 0.3) is 0 Å². The third kappa shape index (κ3) is 4.11. The summed E-state index contributed by atoms with van der Waals surface area (Å²) in [6.07, 6.45) is 2.21. The molecule has 0 saturated heterocycles. The van der Waals surface area contributed by atoms with Crippen molar-refractivity contribution in [2.75, 3.05) is 0 Å². The molecule has 0 amide bonds. The van der Waals surface area contributed by atoms with Gasteiger partial charge in [-0.25, -0.2) is 0 Å². The van der Waals surface area contributed by atoms with Crippen LogP contribution in [-0.2, 0) is 11.8 Å². The minimum atomic E-state index is 0.125. The van der Waals surface area contributed by atoms with Gasteiger partial charge in [0.1, 0.15) is 11.5 Å². The van der Waals surface area contributed by atoms with Gasteiger partial charge in [-0.05, 0) is 24.0 Å². The predicted molar refractivity (Wildman–Crippen MR) is 65.2 cm³/mol. The van der Waals surface area contributed by atoms with E-state index < -0.39 is 0 Å². The van der Waals surface area contributed by atoms with Crippen LogP contribution in [0.5, 0.6) is 0 Å². The Kier molecular flexibility index (Phi) is 3.32. The summed E-state index contributed by atoms with van der Waals surface area (Å²) in [5, 5.41) is 0. The van der Waals surface area contributed by atoms with Gasteiger partial charge in [-0.2, -0.15) is 0 Å². The Balaban J connectivity index is 2.62. The molecule has 1 heteroatoms. The third-order valence-corrected chi connectivity index (χ3v) is 2.52. The second-order valence-corrected chi connectivity index (χ2v) is 6.58. The molecule has 15 heavy (non-hydrogen) atoms. The van der Waals surface area contributed by atoms with Crippen LogP contribution in [0.3, 0.4) is 0 Å². The number of hydrogen-bond acceptors (Lipinski definition) is 1. The maximum absolute atomic E-state index is 5.84. The van der Waals surface area contributed by atoms with Gasteiger partial charge >= 0.3 is 0 Å². The van der Waals surface area contributed by atoms with Crippen molar-refractivity contribution in [1.82, 2.24) is 0 Å². The monoisotopic (exact) mass is 208 g/mol. The Bertz CT molecular complexity index is 307. The Morgan fingerprint density at radius 1 is 1.00 bits per heavy atom. The van der Waals surface area contributed by atoms with Crippen LogP contribution in [0.4, 0.5) is 0 Å². The molecule has 0 aliphatic heterocycles. The molecule has 1 heterocycles. The Morgan fingerprint density at radius 3 is 2.00 bits per heavy atom. The van der Waals surface area contributed by atoms with Gasteiger partial charge in [0.05, 0.1) is 0 Å². The molecule has 1 aromatic heterocycles. The summed E-state index contributed by atoms with van der Waals surface area (Å²) in [6, 6.07) is 4.23. The number of rotatable bonds is 2. The summed E-state index contributed by atoms with van der Waals surface area (Å²) in [5.74, 6) is 2.21. The predicted octanol–water partition coefficient (Wildman–Crippen LogP) is 4.56. The zero-order valence-electron chi connectivity index (χ0n) is 11.0. The third-order valence-electron chi connectivity index (χ3n) is 2.52. The van der Waals surface area contributed by atoms with Crippen molar-refractivity contribution in [2.45, 2.75) is 59.8 Å². The molecule has 0 atom stereocenters.